The van der Waals surface area contributed by atoms with Gasteiger partial charge in [-0.05, 0) is 18.8 Å². The topological polar surface area (TPSA) is 46.3 Å². The minimum absolute atomic E-state index is 0. The maximum Gasteiger partial charge on any atom is 0.224 e. The summed E-state index contributed by atoms with van der Waals surface area (Å²) in [5.74, 6) is 0.797. The Morgan fingerprint density at radius 1 is 1.38 bits per heavy atom. The summed E-state index contributed by atoms with van der Waals surface area (Å²) in [5.41, 5.74) is 5.45. The van der Waals surface area contributed by atoms with E-state index in [1.807, 2.05) is 0 Å². The fourth-order valence-corrected chi connectivity index (χ4v) is 2.33. The lowest BCUT2D eigenvalue weighted by Gasteiger charge is -2.30. The Kier molecular flexibility index (Phi) is 7.77. The van der Waals surface area contributed by atoms with E-state index in [1.165, 1.54) is 25.7 Å². The van der Waals surface area contributed by atoms with Gasteiger partial charge in [-0.1, -0.05) is 26.7 Å². The standard InChI is InChI=1S/C12H24N2O.ClH/c1-10(2)9-14(12(15)7-8-13)11-5-3-4-6-11;/h10-11H,3-9,13H2,1-2H3;1H. The van der Waals surface area contributed by atoms with Crippen molar-refractivity contribution < 1.29 is 4.79 Å². The first kappa shape index (κ1) is 15.7. The molecule has 1 saturated carbocycles. The monoisotopic (exact) mass is 248 g/mol. The van der Waals surface area contributed by atoms with E-state index < -0.39 is 0 Å². The van der Waals surface area contributed by atoms with Gasteiger partial charge in [-0.3, -0.25) is 4.79 Å². The second-order valence-electron chi connectivity index (χ2n) is 4.92. The molecular formula is C12H25ClN2O. The average Bonchev–Trinajstić information content (AvgIpc) is 2.66. The van der Waals surface area contributed by atoms with Crippen LogP contribution >= 0.6 is 12.4 Å². The molecule has 2 N–H and O–H groups in total. The number of rotatable bonds is 5. The predicted octanol–water partition coefficient (Wildman–Crippen LogP) is 2.18. The van der Waals surface area contributed by atoms with Gasteiger partial charge in [0.05, 0.1) is 0 Å². The van der Waals surface area contributed by atoms with Crippen molar-refractivity contribution in [2.75, 3.05) is 13.1 Å². The van der Waals surface area contributed by atoms with Crippen molar-refractivity contribution in [3.63, 3.8) is 0 Å². The summed E-state index contributed by atoms with van der Waals surface area (Å²) in [4.78, 5) is 14.0. The van der Waals surface area contributed by atoms with Crippen LogP contribution in [0.25, 0.3) is 0 Å². The van der Waals surface area contributed by atoms with E-state index in [-0.39, 0.29) is 18.3 Å². The van der Waals surface area contributed by atoms with Crippen LogP contribution in [0.15, 0.2) is 0 Å². The van der Waals surface area contributed by atoms with Gasteiger partial charge in [-0.2, -0.15) is 0 Å². The molecular weight excluding hydrogens is 224 g/mol. The molecule has 1 rings (SSSR count). The molecule has 0 saturated heterocycles. The summed E-state index contributed by atoms with van der Waals surface area (Å²) >= 11 is 0. The van der Waals surface area contributed by atoms with Crippen LogP contribution in [0, 0.1) is 5.92 Å². The quantitative estimate of drug-likeness (QED) is 0.811. The molecule has 1 amide bonds. The van der Waals surface area contributed by atoms with E-state index >= 15 is 0 Å². The van der Waals surface area contributed by atoms with Gasteiger partial charge < -0.3 is 10.6 Å². The van der Waals surface area contributed by atoms with Crippen LogP contribution < -0.4 is 5.73 Å². The summed E-state index contributed by atoms with van der Waals surface area (Å²) in [5, 5.41) is 0. The van der Waals surface area contributed by atoms with E-state index in [1.54, 1.807) is 0 Å². The molecule has 0 aromatic carbocycles. The first-order valence-electron chi connectivity index (χ1n) is 6.14. The number of carbonyl (C=O) groups excluding carboxylic acids is 1. The number of amides is 1. The maximum absolute atomic E-state index is 11.9. The van der Waals surface area contributed by atoms with Crippen molar-refractivity contribution in [2.24, 2.45) is 11.7 Å². The average molecular weight is 249 g/mol. The zero-order valence-corrected chi connectivity index (χ0v) is 11.3. The highest BCUT2D eigenvalue weighted by Crippen LogP contribution is 2.24. The molecule has 0 heterocycles. The predicted molar refractivity (Wildman–Crippen MR) is 69.7 cm³/mol. The molecule has 0 radical (unpaired) electrons. The Labute approximate surface area is 105 Å². The smallest absolute Gasteiger partial charge is 0.224 e. The van der Waals surface area contributed by atoms with E-state index in [0.717, 1.165) is 6.54 Å². The molecule has 0 aliphatic heterocycles. The van der Waals surface area contributed by atoms with Crippen molar-refractivity contribution in [1.82, 2.24) is 4.90 Å². The van der Waals surface area contributed by atoms with Crippen LogP contribution in [-0.4, -0.2) is 29.9 Å². The lowest BCUT2D eigenvalue weighted by molar-refractivity contribution is -0.133. The van der Waals surface area contributed by atoms with Gasteiger partial charge in [0.2, 0.25) is 5.91 Å². The third-order valence-corrected chi connectivity index (χ3v) is 3.01. The normalized spacial score (nSPS) is 16.2. The Balaban J connectivity index is 0.00000225. The van der Waals surface area contributed by atoms with Crippen molar-refractivity contribution in [3.8, 4) is 0 Å². The fraction of sp³-hybridized carbons (Fsp3) is 0.917. The summed E-state index contributed by atoms with van der Waals surface area (Å²) in [7, 11) is 0. The van der Waals surface area contributed by atoms with Crippen molar-refractivity contribution in [3.05, 3.63) is 0 Å². The summed E-state index contributed by atoms with van der Waals surface area (Å²) < 4.78 is 0. The van der Waals surface area contributed by atoms with Crippen LogP contribution in [0.3, 0.4) is 0 Å². The Hall–Kier alpha value is -0.280. The number of hydrogen-bond donors (Lipinski definition) is 1. The van der Waals surface area contributed by atoms with Crippen molar-refractivity contribution in [1.29, 1.82) is 0 Å². The first-order valence-corrected chi connectivity index (χ1v) is 6.14. The van der Waals surface area contributed by atoms with E-state index in [4.69, 9.17) is 5.73 Å². The second kappa shape index (κ2) is 7.91. The lowest BCUT2D eigenvalue weighted by atomic mass is 10.1. The summed E-state index contributed by atoms with van der Waals surface area (Å²) in [6.45, 7) is 5.69. The van der Waals surface area contributed by atoms with Crippen LogP contribution in [0.2, 0.25) is 0 Å². The number of nitrogens with zero attached hydrogens (tertiary/aromatic N) is 1. The molecule has 16 heavy (non-hydrogen) atoms. The highest BCUT2D eigenvalue weighted by Gasteiger charge is 2.26. The van der Waals surface area contributed by atoms with Gasteiger partial charge >= 0.3 is 0 Å². The Morgan fingerprint density at radius 3 is 2.38 bits per heavy atom. The molecule has 1 aliphatic carbocycles. The molecule has 1 aliphatic rings. The summed E-state index contributed by atoms with van der Waals surface area (Å²) in [6.07, 6.45) is 5.42. The van der Waals surface area contributed by atoms with Gasteiger partial charge in [0.1, 0.15) is 0 Å². The number of carbonyl (C=O) groups is 1. The minimum Gasteiger partial charge on any atom is -0.339 e. The zero-order valence-electron chi connectivity index (χ0n) is 10.4. The third kappa shape index (κ3) is 4.71. The molecule has 1 fully saturated rings. The molecule has 0 unspecified atom stereocenters. The van der Waals surface area contributed by atoms with Gasteiger partial charge in [0, 0.05) is 25.6 Å². The Bertz CT molecular complexity index is 203. The number of nitrogens with two attached hydrogens (primary N) is 1. The van der Waals surface area contributed by atoms with Crippen LogP contribution in [0.1, 0.15) is 46.0 Å². The van der Waals surface area contributed by atoms with Crippen molar-refractivity contribution in [2.45, 2.75) is 52.0 Å². The van der Waals surface area contributed by atoms with Gasteiger partial charge in [-0.15, -0.1) is 12.4 Å². The molecule has 3 nitrogen and oxygen atoms in total. The SMILES string of the molecule is CC(C)CN(C(=O)CCN)C1CCCC1.Cl. The van der Waals surface area contributed by atoms with Crippen LogP contribution in [0.4, 0.5) is 0 Å². The summed E-state index contributed by atoms with van der Waals surface area (Å²) in [6, 6.07) is 0.492. The second-order valence-corrected chi connectivity index (χ2v) is 4.92. The van der Waals surface area contributed by atoms with E-state index in [0.29, 0.717) is 24.9 Å². The molecule has 96 valence electrons. The van der Waals surface area contributed by atoms with Crippen LogP contribution in [0.5, 0.6) is 0 Å². The molecule has 0 aromatic heterocycles. The van der Waals surface area contributed by atoms with Gasteiger partial charge in [-0.25, -0.2) is 0 Å². The van der Waals surface area contributed by atoms with E-state index in [2.05, 4.69) is 18.7 Å². The van der Waals surface area contributed by atoms with Gasteiger partial charge in [0.15, 0.2) is 0 Å². The first-order chi connectivity index (χ1) is 7.15. The largest absolute Gasteiger partial charge is 0.339 e. The van der Waals surface area contributed by atoms with E-state index in [9.17, 15) is 4.79 Å². The molecule has 4 heteroatoms. The highest BCUT2D eigenvalue weighted by molar-refractivity contribution is 5.85. The molecule has 0 aromatic rings. The van der Waals surface area contributed by atoms with Crippen LogP contribution in [-0.2, 0) is 4.79 Å². The fourth-order valence-electron chi connectivity index (χ4n) is 2.33. The molecule has 0 atom stereocenters. The van der Waals surface area contributed by atoms with Crippen molar-refractivity contribution >= 4 is 18.3 Å². The van der Waals surface area contributed by atoms with Gasteiger partial charge in [0.25, 0.3) is 0 Å². The maximum atomic E-state index is 11.9. The zero-order chi connectivity index (χ0) is 11.3. The number of halogens is 1. The molecule has 0 spiro atoms. The third-order valence-electron chi connectivity index (χ3n) is 3.01. The Morgan fingerprint density at radius 2 is 1.94 bits per heavy atom. The lowest BCUT2D eigenvalue weighted by Crippen LogP contribution is -2.41. The molecule has 0 bridgehead atoms. The number of hydrogen-bond acceptors (Lipinski definition) is 2. The highest BCUT2D eigenvalue weighted by atomic mass is 35.5. The minimum atomic E-state index is 0.